The molecule has 40 heavy (non-hydrogen) atoms. The zero-order valence-electron chi connectivity index (χ0n) is 22.6. The molecule has 0 aliphatic carbocycles. The molecular formula is C30H28N8O2. The van der Waals surface area contributed by atoms with Crippen LogP contribution in [-0.4, -0.2) is 28.7 Å². The van der Waals surface area contributed by atoms with E-state index in [0.29, 0.717) is 34.0 Å². The van der Waals surface area contributed by atoms with Gasteiger partial charge >= 0.3 is 0 Å². The Hall–Kier alpha value is -5.38. The molecule has 0 aliphatic heterocycles. The van der Waals surface area contributed by atoms with Crippen molar-refractivity contribution in [1.82, 2.24) is 28.7 Å². The summed E-state index contributed by atoms with van der Waals surface area (Å²) in [7, 11) is 3.67. The third-order valence-corrected chi connectivity index (χ3v) is 7.17. The van der Waals surface area contributed by atoms with Crippen LogP contribution in [0.3, 0.4) is 0 Å². The second kappa shape index (κ2) is 9.73. The van der Waals surface area contributed by atoms with E-state index < -0.39 is 0 Å². The molecule has 0 saturated carbocycles. The van der Waals surface area contributed by atoms with Gasteiger partial charge in [0.05, 0.1) is 33.8 Å². The minimum absolute atomic E-state index is 0.227. The number of para-hydroxylation sites is 4. The summed E-state index contributed by atoms with van der Waals surface area (Å²) in [6, 6.07) is 26.3. The van der Waals surface area contributed by atoms with Gasteiger partial charge in [-0.25, -0.2) is 19.3 Å². The van der Waals surface area contributed by atoms with Crippen LogP contribution in [0.1, 0.15) is 11.4 Å². The maximum atomic E-state index is 13.6. The maximum Gasteiger partial charge on any atom is 0.295 e. The number of nitrogens with zero attached hydrogens (tertiary/aromatic N) is 6. The van der Waals surface area contributed by atoms with Gasteiger partial charge in [0, 0.05) is 14.1 Å². The van der Waals surface area contributed by atoms with E-state index in [0.717, 1.165) is 22.8 Å². The van der Waals surface area contributed by atoms with Gasteiger partial charge in [-0.2, -0.15) is 0 Å². The molecule has 0 saturated heterocycles. The van der Waals surface area contributed by atoms with Crippen LogP contribution in [0.4, 0.5) is 23.0 Å². The van der Waals surface area contributed by atoms with Gasteiger partial charge in [-0.05, 0) is 50.2 Å². The molecule has 200 valence electrons. The molecule has 0 bridgehead atoms. The van der Waals surface area contributed by atoms with Crippen molar-refractivity contribution in [2.45, 2.75) is 13.8 Å². The average molecular weight is 533 g/mol. The van der Waals surface area contributed by atoms with Crippen LogP contribution >= 0.6 is 0 Å². The number of fused-ring (bicyclic) bond motifs is 1. The van der Waals surface area contributed by atoms with E-state index in [2.05, 4.69) is 10.6 Å². The molecular weight excluding hydrogens is 504 g/mol. The number of rotatable bonds is 6. The van der Waals surface area contributed by atoms with Gasteiger partial charge in [-0.3, -0.25) is 19.0 Å². The maximum absolute atomic E-state index is 13.6. The zero-order valence-corrected chi connectivity index (χ0v) is 22.6. The molecule has 0 spiro atoms. The van der Waals surface area contributed by atoms with Crippen molar-refractivity contribution < 1.29 is 0 Å². The highest BCUT2D eigenvalue weighted by atomic mass is 16.1. The lowest BCUT2D eigenvalue weighted by atomic mass is 10.3. The lowest BCUT2D eigenvalue weighted by Crippen LogP contribution is -2.21. The van der Waals surface area contributed by atoms with Crippen molar-refractivity contribution in [2.24, 2.45) is 14.1 Å². The van der Waals surface area contributed by atoms with Crippen LogP contribution in [0.15, 0.2) is 94.5 Å². The monoisotopic (exact) mass is 532 g/mol. The normalized spacial score (nSPS) is 11.2. The molecule has 6 rings (SSSR count). The van der Waals surface area contributed by atoms with Crippen LogP contribution < -0.4 is 21.8 Å². The first kappa shape index (κ1) is 24.9. The predicted octanol–water partition coefficient (Wildman–Crippen LogP) is 4.71. The Labute approximate surface area is 229 Å². The molecule has 6 aromatic rings. The number of nitrogens with one attached hydrogen (secondary N) is 2. The second-order valence-corrected chi connectivity index (χ2v) is 9.53. The molecule has 0 unspecified atom stereocenters. The van der Waals surface area contributed by atoms with Crippen LogP contribution in [-0.2, 0) is 14.1 Å². The van der Waals surface area contributed by atoms with Crippen molar-refractivity contribution in [3.8, 4) is 11.4 Å². The van der Waals surface area contributed by atoms with Crippen molar-refractivity contribution >= 4 is 34.0 Å². The van der Waals surface area contributed by atoms with Crippen LogP contribution in [0.25, 0.3) is 22.4 Å². The highest BCUT2D eigenvalue weighted by molar-refractivity contribution is 5.83. The summed E-state index contributed by atoms with van der Waals surface area (Å²) in [6.45, 7) is 3.73. The molecule has 0 atom stereocenters. The Kier molecular flexibility index (Phi) is 6.07. The molecule has 0 radical (unpaired) electrons. The Morgan fingerprint density at radius 1 is 0.550 bits per heavy atom. The Morgan fingerprint density at radius 3 is 1.27 bits per heavy atom. The van der Waals surface area contributed by atoms with Crippen LogP contribution in [0, 0.1) is 13.8 Å². The topological polar surface area (TPSA) is 104 Å². The van der Waals surface area contributed by atoms with Crippen LogP contribution in [0.5, 0.6) is 0 Å². The summed E-state index contributed by atoms with van der Waals surface area (Å²) in [4.78, 5) is 36.8. The van der Waals surface area contributed by atoms with Crippen molar-refractivity contribution in [2.75, 3.05) is 10.6 Å². The van der Waals surface area contributed by atoms with Crippen molar-refractivity contribution in [3.63, 3.8) is 0 Å². The third-order valence-electron chi connectivity index (χ3n) is 7.17. The largest absolute Gasteiger partial charge is 0.331 e. The first-order valence-corrected chi connectivity index (χ1v) is 12.8. The van der Waals surface area contributed by atoms with Gasteiger partial charge in [0.15, 0.2) is 11.6 Å². The molecule has 2 N–H and O–H groups in total. The predicted molar refractivity (Wildman–Crippen MR) is 158 cm³/mol. The third kappa shape index (κ3) is 4.06. The van der Waals surface area contributed by atoms with E-state index in [1.54, 1.807) is 18.7 Å². The van der Waals surface area contributed by atoms with Gasteiger partial charge in [0.1, 0.15) is 11.4 Å². The number of hydrogen-bond acceptors (Lipinski definition) is 6. The summed E-state index contributed by atoms with van der Waals surface area (Å²) < 4.78 is 6.78. The molecule has 0 aliphatic rings. The SMILES string of the molecule is Cc1c(Nc2nc3ccccc3nc2Nc2c(C)n(C)n(-c3ccccc3)c2=O)c(=O)n(-c2ccccc2)n1C. The second-order valence-electron chi connectivity index (χ2n) is 9.53. The van der Waals surface area contributed by atoms with Gasteiger partial charge in [-0.15, -0.1) is 0 Å². The van der Waals surface area contributed by atoms with Gasteiger partial charge in [-0.1, -0.05) is 48.5 Å². The first-order valence-electron chi connectivity index (χ1n) is 12.8. The lowest BCUT2D eigenvalue weighted by molar-refractivity contribution is 0.630. The molecule has 10 nitrogen and oxygen atoms in total. The number of aromatic nitrogens is 6. The highest BCUT2D eigenvalue weighted by Crippen LogP contribution is 2.28. The summed E-state index contributed by atoms with van der Waals surface area (Å²) in [5, 5.41) is 6.48. The summed E-state index contributed by atoms with van der Waals surface area (Å²) >= 11 is 0. The summed E-state index contributed by atoms with van der Waals surface area (Å²) in [5.74, 6) is 0.664. The van der Waals surface area contributed by atoms with Gasteiger partial charge in [0.2, 0.25) is 0 Å². The zero-order chi connectivity index (χ0) is 28.0. The quantitative estimate of drug-likeness (QED) is 0.322. The Bertz CT molecular complexity index is 1840. The van der Waals surface area contributed by atoms with E-state index in [4.69, 9.17) is 9.97 Å². The van der Waals surface area contributed by atoms with Gasteiger partial charge < -0.3 is 10.6 Å². The molecule has 3 aromatic heterocycles. The summed E-state index contributed by atoms with van der Waals surface area (Å²) in [6.07, 6.45) is 0. The van der Waals surface area contributed by atoms with E-state index in [1.165, 1.54) is 0 Å². The fraction of sp³-hybridized carbons (Fsp3) is 0.133. The molecule has 3 aromatic carbocycles. The standard InChI is InChI=1S/C30H28N8O2/c1-19-25(29(39)37(35(19)3)21-13-7-5-8-14-21)33-27-28(32-24-18-12-11-17-23(24)31-27)34-26-20(2)36(4)38(30(26)40)22-15-9-6-10-16-22/h5-18H,1-4H3,(H,31,33)(H,32,34). The van der Waals surface area contributed by atoms with Crippen molar-refractivity contribution in [1.29, 1.82) is 0 Å². The molecule has 3 heterocycles. The number of benzene rings is 3. The van der Waals surface area contributed by atoms with E-state index in [9.17, 15) is 9.59 Å². The number of hydrogen-bond donors (Lipinski definition) is 2. The minimum atomic E-state index is -0.227. The summed E-state index contributed by atoms with van der Waals surface area (Å²) in [5.41, 5.74) is 4.51. The average Bonchev–Trinajstić information content (AvgIpc) is 3.32. The highest BCUT2D eigenvalue weighted by Gasteiger charge is 2.22. The fourth-order valence-electron chi connectivity index (χ4n) is 4.84. The molecule has 0 amide bonds. The molecule has 0 fully saturated rings. The number of anilines is 4. The van der Waals surface area contributed by atoms with E-state index >= 15 is 0 Å². The fourth-order valence-corrected chi connectivity index (χ4v) is 4.84. The smallest absolute Gasteiger partial charge is 0.295 e. The Morgan fingerprint density at radius 2 is 0.900 bits per heavy atom. The van der Waals surface area contributed by atoms with E-state index in [-0.39, 0.29) is 11.1 Å². The Balaban J connectivity index is 1.48. The molecule has 10 heteroatoms. The van der Waals surface area contributed by atoms with Crippen LogP contribution in [0.2, 0.25) is 0 Å². The van der Waals surface area contributed by atoms with Crippen molar-refractivity contribution in [3.05, 3.63) is 117 Å². The first-order chi connectivity index (χ1) is 19.3. The van der Waals surface area contributed by atoms with E-state index in [1.807, 2.05) is 113 Å². The van der Waals surface area contributed by atoms with Gasteiger partial charge in [0.25, 0.3) is 11.1 Å². The minimum Gasteiger partial charge on any atom is -0.331 e. The lowest BCUT2D eigenvalue weighted by Gasteiger charge is -2.12.